The molecular formula is C16H23BN2O3. The predicted octanol–water partition coefficient (Wildman–Crippen LogP) is 2.43. The van der Waals surface area contributed by atoms with Gasteiger partial charge >= 0.3 is 7.12 Å². The monoisotopic (exact) mass is 302 g/mol. The van der Waals surface area contributed by atoms with Crippen molar-refractivity contribution in [3.05, 3.63) is 17.8 Å². The zero-order valence-electron chi connectivity index (χ0n) is 14.4. The molecule has 0 saturated carbocycles. The molecule has 0 bridgehead atoms. The Bertz CT molecular complexity index is 599. The van der Waals surface area contributed by atoms with Gasteiger partial charge in [-0.05, 0) is 60.0 Å². The van der Waals surface area contributed by atoms with Crippen molar-refractivity contribution in [2.45, 2.75) is 65.3 Å². The van der Waals surface area contributed by atoms with Crippen molar-refractivity contribution >= 4 is 12.6 Å². The van der Waals surface area contributed by atoms with Crippen LogP contribution in [-0.4, -0.2) is 28.9 Å². The Kier molecular flexibility index (Phi) is 4.01. The summed E-state index contributed by atoms with van der Waals surface area (Å²) in [6.45, 7) is 13.8. The van der Waals surface area contributed by atoms with E-state index in [1.54, 1.807) is 12.1 Å². The second kappa shape index (κ2) is 5.25. The molecule has 0 N–H and O–H groups in total. The van der Waals surface area contributed by atoms with Crippen LogP contribution in [0, 0.1) is 11.3 Å². The van der Waals surface area contributed by atoms with E-state index in [1.165, 1.54) is 0 Å². The molecule has 2 rings (SSSR count). The van der Waals surface area contributed by atoms with E-state index < -0.39 is 23.9 Å². The summed E-state index contributed by atoms with van der Waals surface area (Å²) in [5.41, 5.74) is -0.234. The van der Waals surface area contributed by atoms with E-state index in [2.05, 4.69) is 11.1 Å². The zero-order valence-corrected chi connectivity index (χ0v) is 14.4. The van der Waals surface area contributed by atoms with Crippen LogP contribution in [0.2, 0.25) is 0 Å². The Morgan fingerprint density at radius 2 is 1.68 bits per heavy atom. The van der Waals surface area contributed by atoms with Crippen molar-refractivity contribution in [1.82, 2.24) is 4.98 Å². The Morgan fingerprint density at radius 3 is 2.14 bits per heavy atom. The summed E-state index contributed by atoms with van der Waals surface area (Å²) in [6.07, 6.45) is 0. The third kappa shape index (κ3) is 3.42. The fourth-order valence-corrected chi connectivity index (χ4v) is 2.06. The van der Waals surface area contributed by atoms with Crippen molar-refractivity contribution in [1.29, 1.82) is 5.26 Å². The number of pyridine rings is 1. The molecule has 22 heavy (non-hydrogen) atoms. The molecule has 0 atom stereocenters. The van der Waals surface area contributed by atoms with Gasteiger partial charge in [0.05, 0.1) is 11.2 Å². The third-order valence-electron chi connectivity index (χ3n) is 3.87. The predicted molar refractivity (Wildman–Crippen MR) is 85.0 cm³/mol. The summed E-state index contributed by atoms with van der Waals surface area (Å²) in [5, 5.41) is 9.18. The molecule has 1 fully saturated rings. The van der Waals surface area contributed by atoms with Crippen LogP contribution in [0.3, 0.4) is 0 Å². The van der Waals surface area contributed by atoms with Gasteiger partial charge in [-0.15, -0.1) is 0 Å². The topological polar surface area (TPSA) is 64.4 Å². The highest BCUT2D eigenvalue weighted by atomic mass is 16.7. The minimum atomic E-state index is -0.539. The lowest BCUT2D eigenvalue weighted by atomic mass is 9.79. The van der Waals surface area contributed by atoms with Gasteiger partial charge in [0.1, 0.15) is 17.4 Å². The van der Waals surface area contributed by atoms with E-state index >= 15 is 0 Å². The van der Waals surface area contributed by atoms with E-state index in [0.717, 1.165) is 5.46 Å². The first kappa shape index (κ1) is 16.8. The van der Waals surface area contributed by atoms with Crippen LogP contribution >= 0.6 is 0 Å². The standard InChI is InChI=1S/C16H23BN2O3/c1-14(2,3)20-13-9-11(8-12(10-18)19-13)17-21-15(4,5)16(6,7)22-17/h8-9H,1-7H3. The minimum absolute atomic E-state index is 0.284. The number of hydrogen-bond acceptors (Lipinski definition) is 5. The summed E-state index contributed by atoms with van der Waals surface area (Å²) in [4.78, 5) is 4.19. The van der Waals surface area contributed by atoms with Crippen molar-refractivity contribution in [3.8, 4) is 11.9 Å². The highest BCUT2D eigenvalue weighted by Gasteiger charge is 2.51. The van der Waals surface area contributed by atoms with Crippen LogP contribution in [0.15, 0.2) is 12.1 Å². The molecule has 1 aromatic heterocycles. The van der Waals surface area contributed by atoms with Crippen LogP contribution in [0.5, 0.6) is 5.88 Å². The fraction of sp³-hybridized carbons (Fsp3) is 0.625. The Hall–Kier alpha value is -1.58. The van der Waals surface area contributed by atoms with Crippen LogP contribution in [0.25, 0.3) is 0 Å². The number of nitrogens with zero attached hydrogens (tertiary/aromatic N) is 2. The lowest BCUT2D eigenvalue weighted by Gasteiger charge is -2.32. The normalized spacial score (nSPS) is 19.8. The lowest BCUT2D eigenvalue weighted by molar-refractivity contribution is 0.00578. The minimum Gasteiger partial charge on any atom is -0.472 e. The first-order valence-corrected chi connectivity index (χ1v) is 7.40. The number of rotatable bonds is 2. The maximum absolute atomic E-state index is 9.18. The molecule has 0 spiro atoms. The first-order valence-electron chi connectivity index (χ1n) is 7.40. The molecule has 5 nitrogen and oxygen atoms in total. The van der Waals surface area contributed by atoms with Crippen LogP contribution in [0.1, 0.15) is 54.2 Å². The average Bonchev–Trinajstić information content (AvgIpc) is 2.56. The largest absolute Gasteiger partial charge is 0.495 e. The Balaban J connectivity index is 2.36. The zero-order chi connectivity index (χ0) is 16.8. The van der Waals surface area contributed by atoms with Gasteiger partial charge < -0.3 is 14.0 Å². The quantitative estimate of drug-likeness (QED) is 0.785. The SMILES string of the molecule is CC(C)(C)Oc1cc(B2OC(C)(C)C(C)(C)O2)cc(C#N)n1. The molecule has 1 saturated heterocycles. The maximum Gasteiger partial charge on any atom is 0.495 e. The smallest absolute Gasteiger partial charge is 0.472 e. The third-order valence-corrected chi connectivity index (χ3v) is 3.87. The number of hydrogen-bond donors (Lipinski definition) is 0. The van der Waals surface area contributed by atoms with Crippen LogP contribution in [-0.2, 0) is 9.31 Å². The lowest BCUT2D eigenvalue weighted by Crippen LogP contribution is -2.41. The Labute approximate surface area is 132 Å². The average molecular weight is 302 g/mol. The number of nitriles is 1. The van der Waals surface area contributed by atoms with Gasteiger partial charge in [0.25, 0.3) is 0 Å². The van der Waals surface area contributed by atoms with Gasteiger partial charge in [0, 0.05) is 6.07 Å². The van der Waals surface area contributed by atoms with E-state index in [1.807, 2.05) is 48.5 Å². The van der Waals surface area contributed by atoms with E-state index in [4.69, 9.17) is 14.0 Å². The van der Waals surface area contributed by atoms with Gasteiger partial charge in [-0.25, -0.2) is 4.98 Å². The van der Waals surface area contributed by atoms with Crippen LogP contribution in [0.4, 0.5) is 0 Å². The molecule has 1 aliphatic heterocycles. The molecule has 118 valence electrons. The number of ether oxygens (including phenoxy) is 1. The van der Waals surface area contributed by atoms with Gasteiger partial charge in [-0.2, -0.15) is 5.26 Å². The summed E-state index contributed by atoms with van der Waals surface area (Å²) in [6, 6.07) is 5.51. The van der Waals surface area contributed by atoms with Crippen molar-refractivity contribution in [2.24, 2.45) is 0 Å². The summed E-state index contributed by atoms with van der Waals surface area (Å²) in [5.74, 6) is 0.399. The number of aromatic nitrogens is 1. The molecule has 0 aliphatic carbocycles. The molecule has 6 heteroatoms. The molecule has 0 amide bonds. The Morgan fingerprint density at radius 1 is 1.14 bits per heavy atom. The second-order valence-corrected chi connectivity index (χ2v) is 7.54. The second-order valence-electron chi connectivity index (χ2n) is 7.54. The van der Waals surface area contributed by atoms with E-state index in [-0.39, 0.29) is 5.69 Å². The molecule has 0 unspecified atom stereocenters. The van der Waals surface area contributed by atoms with E-state index in [0.29, 0.717) is 5.88 Å². The summed E-state index contributed by atoms with van der Waals surface area (Å²) < 4.78 is 17.8. The molecule has 1 aromatic rings. The van der Waals surface area contributed by atoms with Gasteiger partial charge in [0.2, 0.25) is 5.88 Å². The molecule has 2 heterocycles. The highest BCUT2D eigenvalue weighted by Crippen LogP contribution is 2.36. The van der Waals surface area contributed by atoms with Crippen LogP contribution < -0.4 is 10.2 Å². The van der Waals surface area contributed by atoms with Crippen molar-refractivity contribution in [3.63, 3.8) is 0 Å². The van der Waals surface area contributed by atoms with Crippen molar-refractivity contribution in [2.75, 3.05) is 0 Å². The van der Waals surface area contributed by atoms with Gasteiger partial charge in [-0.1, -0.05) is 0 Å². The summed E-state index contributed by atoms with van der Waals surface area (Å²) in [7, 11) is -0.539. The fourth-order valence-electron chi connectivity index (χ4n) is 2.06. The highest BCUT2D eigenvalue weighted by molar-refractivity contribution is 6.62. The molecule has 0 aromatic carbocycles. The van der Waals surface area contributed by atoms with Gasteiger partial charge in [0.15, 0.2) is 0 Å². The van der Waals surface area contributed by atoms with Crippen molar-refractivity contribution < 1.29 is 14.0 Å². The molecule has 0 radical (unpaired) electrons. The molecular weight excluding hydrogens is 279 g/mol. The summed E-state index contributed by atoms with van der Waals surface area (Å²) >= 11 is 0. The first-order chi connectivity index (χ1) is 9.93. The van der Waals surface area contributed by atoms with Gasteiger partial charge in [-0.3, -0.25) is 0 Å². The maximum atomic E-state index is 9.18. The molecule has 1 aliphatic rings. The van der Waals surface area contributed by atoms with E-state index in [9.17, 15) is 5.26 Å².